The maximum atomic E-state index is 6.62. The molecule has 234 valence electrons. The first kappa shape index (κ1) is 28.4. The van der Waals surface area contributed by atoms with Crippen molar-refractivity contribution in [1.29, 1.82) is 0 Å². The molecule has 0 saturated heterocycles. The van der Waals surface area contributed by atoms with E-state index >= 15 is 0 Å². The van der Waals surface area contributed by atoms with Gasteiger partial charge in [-0.15, -0.1) is 0 Å². The van der Waals surface area contributed by atoms with Crippen molar-refractivity contribution in [2.75, 3.05) is 4.90 Å². The molecule has 0 unspecified atom stereocenters. The largest absolute Gasteiger partial charge is 0.454 e. The van der Waals surface area contributed by atoms with Crippen LogP contribution in [-0.2, 0) is 0 Å². The van der Waals surface area contributed by atoms with E-state index in [0.29, 0.717) is 0 Å². The summed E-state index contributed by atoms with van der Waals surface area (Å²) in [6, 6.07) is 67.5. The van der Waals surface area contributed by atoms with Crippen LogP contribution >= 0.6 is 0 Å². The first-order valence-corrected chi connectivity index (χ1v) is 17.1. The number of benzene rings is 9. The smallest absolute Gasteiger partial charge is 0.159 e. The minimum Gasteiger partial charge on any atom is -0.454 e. The van der Waals surface area contributed by atoms with Crippen LogP contribution in [-0.4, -0.2) is 0 Å². The van der Waals surface area contributed by atoms with E-state index in [9.17, 15) is 0 Å². The summed E-state index contributed by atoms with van der Waals surface area (Å²) in [7, 11) is 0. The van der Waals surface area contributed by atoms with Gasteiger partial charge in [0.15, 0.2) is 5.58 Å². The van der Waals surface area contributed by atoms with E-state index in [0.717, 1.165) is 39.0 Å². The van der Waals surface area contributed by atoms with Crippen LogP contribution in [0.15, 0.2) is 192 Å². The Morgan fingerprint density at radius 3 is 1.86 bits per heavy atom. The molecule has 0 N–H and O–H groups in total. The van der Waals surface area contributed by atoms with E-state index in [-0.39, 0.29) is 0 Å². The number of hydrogen-bond acceptors (Lipinski definition) is 2. The van der Waals surface area contributed by atoms with Crippen LogP contribution in [0.25, 0.3) is 76.5 Å². The average molecular weight is 638 g/mol. The summed E-state index contributed by atoms with van der Waals surface area (Å²) in [5, 5.41) is 9.72. The van der Waals surface area contributed by atoms with Gasteiger partial charge < -0.3 is 9.32 Å². The zero-order valence-electron chi connectivity index (χ0n) is 27.3. The van der Waals surface area contributed by atoms with Crippen LogP contribution in [0.4, 0.5) is 17.1 Å². The molecule has 0 aliphatic heterocycles. The van der Waals surface area contributed by atoms with Gasteiger partial charge >= 0.3 is 0 Å². The summed E-state index contributed by atoms with van der Waals surface area (Å²) < 4.78 is 6.62. The van der Waals surface area contributed by atoms with Gasteiger partial charge in [0.2, 0.25) is 0 Å². The molecule has 0 aliphatic rings. The number of para-hydroxylation sites is 2. The molecule has 9 aromatic carbocycles. The first-order chi connectivity index (χ1) is 24.8. The maximum absolute atomic E-state index is 6.62. The second kappa shape index (κ2) is 11.5. The Kier molecular flexibility index (Phi) is 6.53. The molecule has 0 fully saturated rings. The number of furan rings is 1. The Hall–Kier alpha value is -6.64. The molecule has 0 spiro atoms. The van der Waals surface area contributed by atoms with E-state index in [1.165, 1.54) is 54.6 Å². The molecule has 0 amide bonds. The van der Waals surface area contributed by atoms with E-state index in [2.05, 4.69) is 181 Å². The highest BCUT2D eigenvalue weighted by Gasteiger charge is 2.20. The van der Waals surface area contributed by atoms with Crippen molar-refractivity contribution >= 4 is 71.3 Å². The predicted molar refractivity (Wildman–Crippen MR) is 212 cm³/mol. The van der Waals surface area contributed by atoms with Crippen LogP contribution < -0.4 is 4.90 Å². The molecular formula is C48H31NO. The Balaban J connectivity index is 1.16. The topological polar surface area (TPSA) is 16.4 Å². The molecule has 2 nitrogen and oxygen atoms in total. The fourth-order valence-corrected chi connectivity index (χ4v) is 7.61. The van der Waals surface area contributed by atoms with Gasteiger partial charge in [-0.05, 0) is 103 Å². The van der Waals surface area contributed by atoms with Gasteiger partial charge in [0.25, 0.3) is 0 Å². The van der Waals surface area contributed by atoms with Crippen LogP contribution in [0, 0.1) is 0 Å². The van der Waals surface area contributed by atoms with Crippen molar-refractivity contribution in [1.82, 2.24) is 0 Å². The molecule has 1 heterocycles. The van der Waals surface area contributed by atoms with Crippen LogP contribution in [0.3, 0.4) is 0 Å². The Labute approximate surface area is 290 Å². The van der Waals surface area contributed by atoms with Crippen LogP contribution in [0.2, 0.25) is 0 Å². The van der Waals surface area contributed by atoms with Crippen LogP contribution in [0.5, 0.6) is 0 Å². The summed E-state index contributed by atoms with van der Waals surface area (Å²) in [6.07, 6.45) is 0. The zero-order chi connectivity index (χ0) is 33.0. The van der Waals surface area contributed by atoms with E-state index in [1.54, 1.807) is 0 Å². The van der Waals surface area contributed by atoms with Crippen molar-refractivity contribution < 1.29 is 4.42 Å². The lowest BCUT2D eigenvalue weighted by Crippen LogP contribution is -2.10. The summed E-state index contributed by atoms with van der Waals surface area (Å²) in [5.74, 6) is 0. The normalized spacial score (nSPS) is 11.6. The minimum atomic E-state index is 0.869. The van der Waals surface area contributed by atoms with Gasteiger partial charge in [-0.2, -0.15) is 0 Å². The van der Waals surface area contributed by atoms with Gasteiger partial charge in [-0.3, -0.25) is 0 Å². The fourth-order valence-electron chi connectivity index (χ4n) is 7.61. The quantitative estimate of drug-likeness (QED) is 0.175. The van der Waals surface area contributed by atoms with E-state index in [1.807, 2.05) is 12.1 Å². The Bertz CT molecular complexity index is 2880. The van der Waals surface area contributed by atoms with E-state index < -0.39 is 0 Å². The predicted octanol–water partition coefficient (Wildman–Crippen LogP) is 13.8. The number of hydrogen-bond donors (Lipinski definition) is 0. The van der Waals surface area contributed by atoms with Crippen LogP contribution in [0.1, 0.15) is 0 Å². The summed E-state index contributed by atoms with van der Waals surface area (Å²) in [4.78, 5) is 2.33. The maximum Gasteiger partial charge on any atom is 0.159 e. The monoisotopic (exact) mass is 637 g/mol. The summed E-state index contributed by atoms with van der Waals surface area (Å²) in [5.41, 5.74) is 9.64. The van der Waals surface area contributed by atoms with Gasteiger partial charge in [0.1, 0.15) is 5.58 Å². The van der Waals surface area contributed by atoms with Crippen molar-refractivity contribution in [3.8, 4) is 22.3 Å². The van der Waals surface area contributed by atoms with Crippen molar-refractivity contribution in [3.05, 3.63) is 188 Å². The second-order valence-electron chi connectivity index (χ2n) is 12.9. The number of rotatable bonds is 5. The van der Waals surface area contributed by atoms with Gasteiger partial charge in [0.05, 0.1) is 5.69 Å². The van der Waals surface area contributed by atoms with Crippen molar-refractivity contribution in [3.63, 3.8) is 0 Å². The third-order valence-electron chi connectivity index (χ3n) is 10.0. The standard InChI is InChI=1S/C48H31NO/c1-2-12-34-29-35(24-23-32(34)11-1)33-25-27-38(28-26-33)49(46-21-10-20-44-43-19-7-8-22-47(43)50-48(44)46)39-15-9-14-36(30-39)45-31-37-13-3-4-16-40(37)41-17-5-6-18-42(41)45/h1-31H. The fraction of sp³-hybridized carbons (Fsp3) is 0. The Morgan fingerprint density at radius 1 is 0.340 bits per heavy atom. The Morgan fingerprint density at radius 2 is 1.00 bits per heavy atom. The molecule has 0 radical (unpaired) electrons. The highest BCUT2D eigenvalue weighted by molar-refractivity contribution is 6.14. The molecule has 0 atom stereocenters. The highest BCUT2D eigenvalue weighted by atomic mass is 16.3. The van der Waals surface area contributed by atoms with Crippen molar-refractivity contribution in [2.45, 2.75) is 0 Å². The summed E-state index contributed by atoms with van der Waals surface area (Å²) >= 11 is 0. The molecule has 0 aliphatic carbocycles. The molecule has 0 saturated carbocycles. The molecule has 10 rings (SSSR count). The van der Waals surface area contributed by atoms with E-state index in [4.69, 9.17) is 4.42 Å². The second-order valence-corrected chi connectivity index (χ2v) is 12.9. The lowest BCUT2D eigenvalue weighted by atomic mass is 9.93. The molecule has 50 heavy (non-hydrogen) atoms. The third-order valence-corrected chi connectivity index (χ3v) is 10.0. The molecule has 1 aromatic heterocycles. The average Bonchev–Trinajstić information content (AvgIpc) is 3.57. The molecular weight excluding hydrogens is 607 g/mol. The molecule has 10 aromatic rings. The van der Waals surface area contributed by atoms with Gasteiger partial charge in [-0.25, -0.2) is 0 Å². The molecule has 0 bridgehead atoms. The minimum absolute atomic E-state index is 0.869. The first-order valence-electron chi connectivity index (χ1n) is 17.1. The zero-order valence-corrected chi connectivity index (χ0v) is 27.3. The molecule has 2 heteroatoms. The number of fused-ring (bicyclic) bond motifs is 7. The highest BCUT2D eigenvalue weighted by Crippen LogP contribution is 2.44. The van der Waals surface area contributed by atoms with Gasteiger partial charge in [-0.1, -0.05) is 140 Å². The van der Waals surface area contributed by atoms with Gasteiger partial charge in [0, 0.05) is 22.1 Å². The summed E-state index contributed by atoms with van der Waals surface area (Å²) in [6.45, 7) is 0. The van der Waals surface area contributed by atoms with Crippen molar-refractivity contribution in [2.24, 2.45) is 0 Å². The number of nitrogens with zero attached hydrogens (tertiary/aromatic N) is 1. The lowest BCUT2D eigenvalue weighted by molar-refractivity contribution is 0.669. The third kappa shape index (κ3) is 4.65. The SMILES string of the molecule is c1cc(-c2cc3ccccc3c3ccccc23)cc(N(c2ccc(-c3ccc4ccccc4c3)cc2)c2cccc3c2oc2ccccc23)c1. The lowest BCUT2D eigenvalue weighted by Gasteiger charge is -2.26. The number of anilines is 3.